The number of amides is 1. The molecule has 0 aliphatic heterocycles. The van der Waals surface area contributed by atoms with E-state index in [4.69, 9.17) is 4.74 Å². The molecule has 0 unspecified atom stereocenters. The number of aromatic nitrogens is 1. The summed E-state index contributed by atoms with van der Waals surface area (Å²) >= 11 is 0. The van der Waals surface area contributed by atoms with Crippen LogP contribution in [0.2, 0.25) is 0 Å². The maximum Gasteiger partial charge on any atom is 0.263 e. The van der Waals surface area contributed by atoms with Gasteiger partial charge in [-0.25, -0.2) is 0 Å². The number of nitrogens with one attached hydrogen (secondary N) is 1. The van der Waals surface area contributed by atoms with Gasteiger partial charge in [-0.2, -0.15) is 0 Å². The highest BCUT2D eigenvalue weighted by Crippen LogP contribution is 2.33. The van der Waals surface area contributed by atoms with Crippen molar-refractivity contribution < 1.29 is 9.53 Å². The molecule has 1 heterocycles. The number of hydrogen-bond donors (Lipinski definition) is 1. The van der Waals surface area contributed by atoms with Crippen molar-refractivity contribution in [3.63, 3.8) is 0 Å². The molecule has 1 saturated carbocycles. The van der Waals surface area contributed by atoms with Crippen molar-refractivity contribution in [2.45, 2.75) is 32.4 Å². The lowest BCUT2D eigenvalue weighted by Gasteiger charge is -2.11. The fourth-order valence-corrected chi connectivity index (χ4v) is 3.17. The van der Waals surface area contributed by atoms with Crippen LogP contribution in [0.25, 0.3) is 0 Å². The molecule has 1 aliphatic carbocycles. The molecule has 2 aromatic carbocycles. The van der Waals surface area contributed by atoms with Gasteiger partial charge < -0.3 is 14.6 Å². The van der Waals surface area contributed by atoms with E-state index in [1.165, 1.54) is 0 Å². The van der Waals surface area contributed by atoms with Crippen LogP contribution in [0.4, 0.5) is 0 Å². The Morgan fingerprint density at radius 3 is 2.57 bits per heavy atom. The maximum absolute atomic E-state index is 12.7. The summed E-state index contributed by atoms with van der Waals surface area (Å²) in [4.78, 5) is 25.3. The molecule has 0 saturated heterocycles. The van der Waals surface area contributed by atoms with Crippen molar-refractivity contribution in [3.8, 4) is 11.5 Å². The molecule has 5 nitrogen and oxygen atoms in total. The fourth-order valence-electron chi connectivity index (χ4n) is 3.17. The minimum Gasteiger partial charge on any atom is -0.457 e. The molecule has 1 amide bonds. The zero-order valence-electron chi connectivity index (χ0n) is 15.7. The van der Waals surface area contributed by atoms with E-state index < -0.39 is 0 Å². The summed E-state index contributed by atoms with van der Waals surface area (Å²) in [5.74, 6) is 1.11. The van der Waals surface area contributed by atoms with Crippen LogP contribution in [-0.4, -0.2) is 10.5 Å². The number of pyridine rings is 1. The Morgan fingerprint density at radius 2 is 1.82 bits per heavy atom. The zero-order chi connectivity index (χ0) is 19.5. The first kappa shape index (κ1) is 18.0. The lowest BCUT2D eigenvalue weighted by molar-refractivity contribution is 0.0948. The molecule has 142 valence electrons. The van der Waals surface area contributed by atoms with Crippen LogP contribution in [0.3, 0.4) is 0 Å². The van der Waals surface area contributed by atoms with E-state index in [0.717, 1.165) is 24.2 Å². The standard InChI is InChI=1S/C23H22N2O3/c1-16-12-13-25(18-10-11-18)23(27)21(16)22(26)24-15-17-6-5-9-20(14-17)28-19-7-3-2-4-8-19/h2-9,12-14,18H,10-11,15H2,1H3,(H,24,26). The Morgan fingerprint density at radius 1 is 1.07 bits per heavy atom. The number of para-hydroxylation sites is 1. The first-order chi connectivity index (χ1) is 13.6. The van der Waals surface area contributed by atoms with Crippen molar-refractivity contribution in [1.29, 1.82) is 0 Å². The largest absolute Gasteiger partial charge is 0.457 e. The third-order valence-electron chi connectivity index (χ3n) is 4.83. The quantitative estimate of drug-likeness (QED) is 0.703. The molecule has 3 aromatic rings. The smallest absolute Gasteiger partial charge is 0.263 e. The van der Waals surface area contributed by atoms with Gasteiger partial charge in [-0.15, -0.1) is 0 Å². The summed E-state index contributed by atoms with van der Waals surface area (Å²) in [5, 5.41) is 2.87. The van der Waals surface area contributed by atoms with E-state index in [1.54, 1.807) is 17.7 Å². The summed E-state index contributed by atoms with van der Waals surface area (Å²) in [6, 6.07) is 19.2. The first-order valence-electron chi connectivity index (χ1n) is 9.43. The normalized spacial score (nSPS) is 13.2. The second-order valence-electron chi connectivity index (χ2n) is 7.06. The predicted molar refractivity (Wildman–Crippen MR) is 108 cm³/mol. The SMILES string of the molecule is Cc1ccn(C2CC2)c(=O)c1C(=O)NCc1cccc(Oc2ccccc2)c1. The van der Waals surface area contributed by atoms with E-state index >= 15 is 0 Å². The van der Waals surface area contributed by atoms with Crippen LogP contribution in [0.5, 0.6) is 11.5 Å². The number of rotatable bonds is 6. The number of nitrogens with zero attached hydrogens (tertiary/aromatic N) is 1. The summed E-state index contributed by atoms with van der Waals surface area (Å²) in [6.45, 7) is 2.11. The summed E-state index contributed by atoms with van der Waals surface area (Å²) in [6.07, 6.45) is 3.78. The van der Waals surface area contributed by atoms with Crippen LogP contribution in [-0.2, 0) is 6.54 Å². The van der Waals surface area contributed by atoms with Crippen LogP contribution in [0, 0.1) is 6.92 Å². The summed E-state index contributed by atoms with van der Waals surface area (Å²) < 4.78 is 7.51. The second-order valence-corrected chi connectivity index (χ2v) is 7.06. The van der Waals surface area contributed by atoms with Gasteiger partial charge >= 0.3 is 0 Å². The molecule has 0 bridgehead atoms. The maximum atomic E-state index is 12.7. The van der Waals surface area contributed by atoms with Gasteiger partial charge in [0, 0.05) is 18.8 Å². The first-order valence-corrected chi connectivity index (χ1v) is 9.43. The van der Waals surface area contributed by atoms with Crippen molar-refractivity contribution in [3.05, 3.63) is 93.9 Å². The van der Waals surface area contributed by atoms with Crippen molar-refractivity contribution in [2.24, 2.45) is 0 Å². The Kier molecular flexibility index (Phi) is 4.98. The van der Waals surface area contributed by atoms with Gasteiger partial charge in [0.15, 0.2) is 0 Å². The third kappa shape index (κ3) is 3.98. The topological polar surface area (TPSA) is 60.3 Å². The van der Waals surface area contributed by atoms with E-state index in [0.29, 0.717) is 17.9 Å². The van der Waals surface area contributed by atoms with Crippen LogP contribution < -0.4 is 15.6 Å². The Hall–Kier alpha value is -3.34. The van der Waals surface area contributed by atoms with E-state index in [-0.39, 0.29) is 23.1 Å². The average Bonchev–Trinajstić information content (AvgIpc) is 3.53. The Labute approximate surface area is 163 Å². The lowest BCUT2D eigenvalue weighted by Crippen LogP contribution is -2.33. The van der Waals surface area contributed by atoms with Crippen LogP contribution >= 0.6 is 0 Å². The van der Waals surface area contributed by atoms with Crippen molar-refractivity contribution >= 4 is 5.91 Å². The number of carbonyl (C=O) groups excluding carboxylic acids is 1. The molecule has 0 radical (unpaired) electrons. The van der Waals surface area contributed by atoms with Gasteiger partial charge in [0.05, 0.1) is 0 Å². The molecule has 5 heteroatoms. The number of ether oxygens (including phenoxy) is 1. The highest BCUT2D eigenvalue weighted by molar-refractivity contribution is 5.95. The third-order valence-corrected chi connectivity index (χ3v) is 4.83. The number of carbonyl (C=O) groups is 1. The molecular weight excluding hydrogens is 352 g/mol. The lowest BCUT2D eigenvalue weighted by atomic mass is 10.1. The molecule has 4 rings (SSSR count). The molecular formula is C23H22N2O3. The van der Waals surface area contributed by atoms with Crippen LogP contribution in [0.1, 0.15) is 40.4 Å². The monoisotopic (exact) mass is 374 g/mol. The molecule has 1 aliphatic rings. The van der Waals surface area contributed by atoms with E-state index in [9.17, 15) is 9.59 Å². The Balaban J connectivity index is 1.46. The van der Waals surface area contributed by atoms with Crippen LogP contribution in [0.15, 0.2) is 71.7 Å². The summed E-state index contributed by atoms with van der Waals surface area (Å²) in [5.41, 5.74) is 1.62. The van der Waals surface area contributed by atoms with Gasteiger partial charge in [-0.05, 0) is 61.2 Å². The van der Waals surface area contributed by atoms with Crippen molar-refractivity contribution in [1.82, 2.24) is 9.88 Å². The number of benzene rings is 2. The number of hydrogen-bond acceptors (Lipinski definition) is 3. The molecule has 28 heavy (non-hydrogen) atoms. The summed E-state index contributed by atoms with van der Waals surface area (Å²) in [7, 11) is 0. The molecule has 1 N–H and O–H groups in total. The highest BCUT2D eigenvalue weighted by atomic mass is 16.5. The minimum atomic E-state index is -0.341. The molecule has 1 fully saturated rings. The molecule has 0 atom stereocenters. The minimum absolute atomic E-state index is 0.207. The van der Waals surface area contributed by atoms with Gasteiger partial charge in [0.25, 0.3) is 11.5 Å². The fraction of sp³-hybridized carbons (Fsp3) is 0.217. The van der Waals surface area contributed by atoms with Gasteiger partial charge in [0.2, 0.25) is 0 Å². The van der Waals surface area contributed by atoms with E-state index in [2.05, 4.69) is 5.32 Å². The highest BCUT2D eigenvalue weighted by Gasteiger charge is 2.26. The van der Waals surface area contributed by atoms with Gasteiger partial charge in [0.1, 0.15) is 17.1 Å². The zero-order valence-corrected chi connectivity index (χ0v) is 15.7. The van der Waals surface area contributed by atoms with Gasteiger partial charge in [-0.3, -0.25) is 9.59 Å². The van der Waals surface area contributed by atoms with E-state index in [1.807, 2.05) is 60.7 Å². The second kappa shape index (κ2) is 7.72. The van der Waals surface area contributed by atoms with Crippen molar-refractivity contribution in [2.75, 3.05) is 0 Å². The molecule has 1 aromatic heterocycles. The molecule has 0 spiro atoms. The number of aryl methyl sites for hydroxylation is 1. The predicted octanol–water partition coefficient (Wildman–Crippen LogP) is 4.21. The average molecular weight is 374 g/mol. The Bertz CT molecular complexity index is 1050. The van der Waals surface area contributed by atoms with Gasteiger partial charge in [-0.1, -0.05) is 30.3 Å².